The molecule has 144 valence electrons. The summed E-state index contributed by atoms with van der Waals surface area (Å²) >= 11 is 0. The first-order valence-electron chi connectivity index (χ1n) is 9.79. The molecule has 1 saturated heterocycles. The van der Waals surface area contributed by atoms with E-state index in [-0.39, 0.29) is 12.1 Å². The summed E-state index contributed by atoms with van der Waals surface area (Å²) in [5, 5.41) is 3.38. The second-order valence-corrected chi connectivity index (χ2v) is 7.31. The minimum atomic E-state index is 0.134. The number of nitrogens with one attached hydrogen (secondary N) is 1. The van der Waals surface area contributed by atoms with Gasteiger partial charge in [0.2, 0.25) is 0 Å². The minimum Gasteiger partial charge on any atom is -0.493 e. The molecule has 2 atom stereocenters. The summed E-state index contributed by atoms with van der Waals surface area (Å²) in [5.41, 5.74) is 7.38. The van der Waals surface area contributed by atoms with Gasteiger partial charge in [-0.2, -0.15) is 0 Å². The maximum absolute atomic E-state index is 6.24. The van der Waals surface area contributed by atoms with Gasteiger partial charge in [0.15, 0.2) is 5.96 Å². The summed E-state index contributed by atoms with van der Waals surface area (Å²) < 4.78 is 11.6. The Morgan fingerprint density at radius 2 is 2.07 bits per heavy atom. The Hall–Kier alpha value is -2.47. The molecule has 2 aliphatic rings. The molecule has 3 heterocycles. The average molecular weight is 368 g/mol. The lowest BCUT2D eigenvalue weighted by atomic mass is 10.0. The van der Waals surface area contributed by atoms with E-state index < -0.39 is 0 Å². The highest BCUT2D eigenvalue weighted by molar-refractivity contribution is 5.78. The molecule has 3 N–H and O–H groups in total. The first-order chi connectivity index (χ1) is 13.2. The van der Waals surface area contributed by atoms with Crippen molar-refractivity contribution in [2.75, 3.05) is 26.2 Å². The molecule has 2 aliphatic heterocycles. The second kappa shape index (κ2) is 8.05. The third-order valence-electron chi connectivity index (χ3n) is 5.39. The summed E-state index contributed by atoms with van der Waals surface area (Å²) in [6.07, 6.45) is 3.33. The van der Waals surface area contributed by atoms with E-state index in [1.54, 1.807) is 0 Å². The summed E-state index contributed by atoms with van der Waals surface area (Å²) in [7, 11) is 0. The van der Waals surface area contributed by atoms with Gasteiger partial charge in [-0.05, 0) is 51.1 Å². The smallest absolute Gasteiger partial charge is 0.189 e. The van der Waals surface area contributed by atoms with Crippen LogP contribution in [0.4, 0.5) is 0 Å². The van der Waals surface area contributed by atoms with Crippen molar-refractivity contribution in [1.82, 2.24) is 10.2 Å². The predicted octanol–water partition coefficient (Wildman–Crippen LogP) is 3.15. The van der Waals surface area contributed by atoms with E-state index in [0.29, 0.717) is 19.1 Å². The number of aliphatic imine (C=N–C) groups is 1. The lowest BCUT2D eigenvalue weighted by Gasteiger charge is -2.27. The molecular formula is C21H28N4O2. The Kier molecular flexibility index (Phi) is 5.34. The Morgan fingerprint density at radius 3 is 2.85 bits per heavy atom. The van der Waals surface area contributed by atoms with Crippen molar-refractivity contribution in [3.05, 3.63) is 53.5 Å². The number of hydrogen-bond donors (Lipinski definition) is 2. The van der Waals surface area contributed by atoms with Crippen LogP contribution in [-0.4, -0.2) is 37.1 Å². The topological polar surface area (TPSA) is 76.0 Å². The monoisotopic (exact) mass is 368 g/mol. The predicted molar refractivity (Wildman–Crippen MR) is 106 cm³/mol. The number of benzene rings is 1. The zero-order chi connectivity index (χ0) is 18.6. The molecule has 0 amide bonds. The Balaban J connectivity index is 1.45. The fourth-order valence-electron chi connectivity index (χ4n) is 3.97. The first-order valence-corrected chi connectivity index (χ1v) is 9.79. The van der Waals surface area contributed by atoms with Gasteiger partial charge in [-0.1, -0.05) is 18.2 Å². The molecule has 1 fully saturated rings. The van der Waals surface area contributed by atoms with E-state index in [0.717, 1.165) is 42.3 Å². The van der Waals surface area contributed by atoms with Crippen LogP contribution in [0, 0.1) is 6.92 Å². The molecule has 2 aromatic rings. The highest BCUT2D eigenvalue weighted by Crippen LogP contribution is 2.31. The zero-order valence-electron chi connectivity index (χ0n) is 15.9. The van der Waals surface area contributed by atoms with Gasteiger partial charge in [0, 0.05) is 12.0 Å². The molecule has 0 spiro atoms. The van der Waals surface area contributed by atoms with Gasteiger partial charge in [0.1, 0.15) is 17.3 Å². The number of fused-ring (bicyclic) bond motifs is 1. The largest absolute Gasteiger partial charge is 0.493 e. The third kappa shape index (κ3) is 4.11. The molecule has 6 heteroatoms. The van der Waals surface area contributed by atoms with Crippen LogP contribution in [0.25, 0.3) is 0 Å². The number of likely N-dealkylation sites (tertiary alicyclic amines) is 1. The number of guanidine groups is 1. The average Bonchev–Trinajstić information content (AvgIpc) is 3.35. The van der Waals surface area contributed by atoms with E-state index >= 15 is 0 Å². The Morgan fingerprint density at radius 1 is 1.26 bits per heavy atom. The molecule has 1 aromatic carbocycles. The lowest BCUT2D eigenvalue weighted by Crippen LogP contribution is -2.38. The number of aryl methyl sites for hydroxylation is 1. The van der Waals surface area contributed by atoms with Crippen molar-refractivity contribution in [2.45, 2.75) is 38.3 Å². The van der Waals surface area contributed by atoms with Gasteiger partial charge in [-0.15, -0.1) is 0 Å². The van der Waals surface area contributed by atoms with Crippen molar-refractivity contribution in [3.63, 3.8) is 0 Å². The van der Waals surface area contributed by atoms with E-state index in [1.807, 2.05) is 31.2 Å². The molecule has 0 saturated carbocycles. The second-order valence-electron chi connectivity index (χ2n) is 7.31. The Bertz CT molecular complexity index is 795. The summed E-state index contributed by atoms with van der Waals surface area (Å²) in [5.74, 6) is 3.31. The molecule has 4 rings (SSSR count). The van der Waals surface area contributed by atoms with Gasteiger partial charge < -0.3 is 20.2 Å². The maximum Gasteiger partial charge on any atom is 0.189 e. The number of para-hydroxylation sites is 1. The van der Waals surface area contributed by atoms with E-state index in [9.17, 15) is 0 Å². The number of ether oxygens (including phenoxy) is 1. The van der Waals surface area contributed by atoms with Crippen molar-refractivity contribution in [1.29, 1.82) is 0 Å². The zero-order valence-corrected chi connectivity index (χ0v) is 15.9. The van der Waals surface area contributed by atoms with E-state index in [2.05, 4.69) is 27.3 Å². The SMILES string of the molecule is Cc1ccc(C(CN=C(N)NC2CCOc3ccccc32)N2CCCC2)o1. The number of nitrogens with zero attached hydrogens (tertiary/aromatic N) is 2. The molecule has 0 bridgehead atoms. The number of furan rings is 1. The number of hydrogen-bond acceptors (Lipinski definition) is 4. The quantitative estimate of drug-likeness (QED) is 0.626. The van der Waals surface area contributed by atoms with Gasteiger partial charge >= 0.3 is 0 Å². The van der Waals surface area contributed by atoms with Crippen molar-refractivity contribution in [3.8, 4) is 5.75 Å². The summed E-state index contributed by atoms with van der Waals surface area (Å²) in [4.78, 5) is 7.11. The molecule has 6 nitrogen and oxygen atoms in total. The fraction of sp³-hybridized carbons (Fsp3) is 0.476. The van der Waals surface area contributed by atoms with Crippen LogP contribution in [0.15, 0.2) is 45.8 Å². The van der Waals surface area contributed by atoms with Crippen LogP contribution in [0.1, 0.15) is 48.4 Å². The molecular weight excluding hydrogens is 340 g/mol. The van der Waals surface area contributed by atoms with E-state index in [1.165, 1.54) is 12.8 Å². The maximum atomic E-state index is 6.24. The highest BCUT2D eigenvalue weighted by atomic mass is 16.5. The Labute approximate surface area is 160 Å². The van der Waals surface area contributed by atoms with Crippen LogP contribution in [0.2, 0.25) is 0 Å². The molecule has 0 aliphatic carbocycles. The van der Waals surface area contributed by atoms with Crippen LogP contribution in [-0.2, 0) is 0 Å². The first kappa shape index (κ1) is 17.9. The van der Waals surface area contributed by atoms with Crippen molar-refractivity contribution in [2.24, 2.45) is 10.7 Å². The summed E-state index contributed by atoms with van der Waals surface area (Å²) in [6.45, 7) is 5.42. The van der Waals surface area contributed by atoms with Gasteiger partial charge in [-0.3, -0.25) is 9.89 Å². The number of rotatable bonds is 5. The normalized spacial score (nSPS) is 21.5. The lowest BCUT2D eigenvalue weighted by molar-refractivity contribution is 0.219. The van der Waals surface area contributed by atoms with Gasteiger partial charge in [0.25, 0.3) is 0 Å². The van der Waals surface area contributed by atoms with E-state index in [4.69, 9.17) is 14.9 Å². The van der Waals surface area contributed by atoms with Gasteiger partial charge in [0.05, 0.1) is 25.2 Å². The van der Waals surface area contributed by atoms with Crippen LogP contribution in [0.3, 0.4) is 0 Å². The summed E-state index contributed by atoms with van der Waals surface area (Å²) in [6, 6.07) is 12.5. The van der Waals surface area contributed by atoms with Crippen LogP contribution in [0.5, 0.6) is 5.75 Å². The molecule has 27 heavy (non-hydrogen) atoms. The van der Waals surface area contributed by atoms with Gasteiger partial charge in [-0.25, -0.2) is 0 Å². The number of nitrogens with two attached hydrogens (primary N) is 1. The highest BCUT2D eigenvalue weighted by Gasteiger charge is 2.26. The van der Waals surface area contributed by atoms with Crippen molar-refractivity contribution >= 4 is 5.96 Å². The molecule has 2 unspecified atom stereocenters. The standard InChI is InChI=1S/C21H28N4O2/c1-15-8-9-20(27-15)18(25-11-4-5-12-25)14-23-21(22)24-17-10-13-26-19-7-3-2-6-16(17)19/h2-3,6-9,17-18H,4-5,10-14H2,1H3,(H3,22,23,24). The molecule has 1 aromatic heterocycles. The fourth-order valence-corrected chi connectivity index (χ4v) is 3.97. The molecule has 0 radical (unpaired) electrons. The van der Waals surface area contributed by atoms with Crippen molar-refractivity contribution < 1.29 is 9.15 Å². The minimum absolute atomic E-state index is 0.134. The third-order valence-corrected chi connectivity index (χ3v) is 5.39. The van der Waals surface area contributed by atoms with Crippen LogP contribution >= 0.6 is 0 Å². The van der Waals surface area contributed by atoms with Crippen LogP contribution < -0.4 is 15.8 Å².